The monoisotopic (exact) mass is 311 g/mol. The van der Waals surface area contributed by atoms with Crippen molar-refractivity contribution >= 4 is 29.1 Å². The van der Waals surface area contributed by atoms with Gasteiger partial charge in [0, 0.05) is 23.3 Å². The number of aromatic nitrogens is 2. The highest BCUT2D eigenvalue weighted by Crippen LogP contribution is 2.27. The molecule has 106 valence electrons. The van der Waals surface area contributed by atoms with Gasteiger partial charge >= 0.3 is 0 Å². The van der Waals surface area contributed by atoms with Crippen molar-refractivity contribution in [2.24, 2.45) is 0 Å². The molecule has 0 atom stereocenters. The first-order chi connectivity index (χ1) is 9.43. The van der Waals surface area contributed by atoms with Gasteiger partial charge in [-0.05, 0) is 32.0 Å². The van der Waals surface area contributed by atoms with Crippen LogP contribution in [0, 0.1) is 13.8 Å². The summed E-state index contributed by atoms with van der Waals surface area (Å²) in [5.41, 5.74) is 3.38. The summed E-state index contributed by atoms with van der Waals surface area (Å²) in [5.74, 6) is -0.0436. The second-order valence-corrected chi connectivity index (χ2v) is 5.35. The Labute approximate surface area is 127 Å². The van der Waals surface area contributed by atoms with E-state index in [0.717, 1.165) is 22.6 Å². The quantitative estimate of drug-likeness (QED) is 0.947. The SMILES string of the molecule is CNC(=O)Cc1c(C)nn(-c2ccc(Cl)cc2Cl)c1C. The number of amides is 1. The minimum atomic E-state index is -0.0436. The van der Waals surface area contributed by atoms with E-state index in [9.17, 15) is 4.79 Å². The molecule has 0 bridgehead atoms. The van der Waals surface area contributed by atoms with Crippen LogP contribution in [0.15, 0.2) is 18.2 Å². The fraction of sp³-hybridized carbons (Fsp3) is 0.286. The Balaban J connectivity index is 2.48. The highest BCUT2D eigenvalue weighted by atomic mass is 35.5. The number of carbonyl (C=O) groups is 1. The van der Waals surface area contributed by atoms with Crippen LogP contribution >= 0.6 is 23.2 Å². The largest absolute Gasteiger partial charge is 0.359 e. The van der Waals surface area contributed by atoms with Gasteiger partial charge in [0.15, 0.2) is 0 Å². The van der Waals surface area contributed by atoms with Gasteiger partial charge in [0.05, 0.1) is 22.8 Å². The molecule has 0 saturated heterocycles. The summed E-state index contributed by atoms with van der Waals surface area (Å²) in [4.78, 5) is 11.6. The molecule has 0 unspecified atom stereocenters. The number of hydrogen-bond donors (Lipinski definition) is 1. The summed E-state index contributed by atoms with van der Waals surface area (Å²) in [5, 5.41) is 8.18. The number of carbonyl (C=O) groups excluding carboxylic acids is 1. The molecular weight excluding hydrogens is 297 g/mol. The van der Waals surface area contributed by atoms with Crippen molar-refractivity contribution in [2.45, 2.75) is 20.3 Å². The maximum atomic E-state index is 11.6. The molecule has 1 amide bonds. The Kier molecular flexibility index (Phi) is 4.35. The smallest absolute Gasteiger partial charge is 0.224 e. The highest BCUT2D eigenvalue weighted by molar-refractivity contribution is 6.35. The van der Waals surface area contributed by atoms with E-state index in [4.69, 9.17) is 23.2 Å². The maximum Gasteiger partial charge on any atom is 0.224 e. The van der Waals surface area contributed by atoms with Gasteiger partial charge in [0.2, 0.25) is 5.91 Å². The molecule has 1 aromatic carbocycles. The second kappa shape index (κ2) is 5.85. The molecule has 0 radical (unpaired) electrons. The van der Waals surface area contributed by atoms with Gasteiger partial charge in [-0.15, -0.1) is 0 Å². The standard InChI is InChI=1S/C14H15Cl2N3O/c1-8-11(7-14(20)17-3)9(2)19(18-8)13-5-4-10(15)6-12(13)16/h4-6H,7H2,1-3H3,(H,17,20). The van der Waals surface area contributed by atoms with Crippen LogP contribution in [0.3, 0.4) is 0 Å². The van der Waals surface area contributed by atoms with E-state index in [1.807, 2.05) is 19.9 Å². The molecule has 2 rings (SSSR count). The fourth-order valence-corrected chi connectivity index (χ4v) is 2.56. The normalized spacial score (nSPS) is 10.7. The van der Waals surface area contributed by atoms with Crippen LogP contribution in [-0.4, -0.2) is 22.7 Å². The summed E-state index contributed by atoms with van der Waals surface area (Å²) in [6.45, 7) is 3.80. The minimum absolute atomic E-state index is 0.0436. The van der Waals surface area contributed by atoms with E-state index in [0.29, 0.717) is 16.5 Å². The van der Waals surface area contributed by atoms with Gasteiger partial charge in [-0.1, -0.05) is 23.2 Å². The molecule has 4 nitrogen and oxygen atoms in total. The van der Waals surface area contributed by atoms with E-state index in [-0.39, 0.29) is 5.91 Å². The van der Waals surface area contributed by atoms with Crippen LogP contribution in [0.25, 0.3) is 5.69 Å². The molecule has 2 aromatic rings. The fourth-order valence-electron chi connectivity index (χ4n) is 2.07. The molecule has 0 aliphatic carbocycles. The number of nitrogens with one attached hydrogen (secondary N) is 1. The number of nitrogens with zero attached hydrogens (tertiary/aromatic N) is 2. The summed E-state index contributed by atoms with van der Waals surface area (Å²) >= 11 is 12.1. The average Bonchev–Trinajstić information content (AvgIpc) is 2.66. The molecule has 0 spiro atoms. The number of rotatable bonds is 3. The van der Waals surface area contributed by atoms with E-state index in [1.165, 1.54) is 0 Å². The lowest BCUT2D eigenvalue weighted by atomic mass is 10.1. The zero-order chi connectivity index (χ0) is 14.9. The van der Waals surface area contributed by atoms with Crippen molar-refractivity contribution in [3.63, 3.8) is 0 Å². The van der Waals surface area contributed by atoms with E-state index in [2.05, 4.69) is 10.4 Å². The Morgan fingerprint density at radius 2 is 2.05 bits per heavy atom. The molecule has 1 heterocycles. The highest BCUT2D eigenvalue weighted by Gasteiger charge is 2.16. The number of likely N-dealkylation sites (N-methyl/N-ethyl adjacent to an activating group) is 1. The number of benzene rings is 1. The number of aryl methyl sites for hydroxylation is 1. The minimum Gasteiger partial charge on any atom is -0.359 e. The lowest BCUT2D eigenvalue weighted by Crippen LogP contribution is -2.20. The van der Waals surface area contributed by atoms with Gasteiger partial charge < -0.3 is 5.32 Å². The molecule has 0 aliphatic heterocycles. The molecular formula is C14H15Cl2N3O. The summed E-state index contributed by atoms with van der Waals surface area (Å²) in [7, 11) is 1.62. The van der Waals surface area contributed by atoms with Crippen molar-refractivity contribution in [2.75, 3.05) is 7.05 Å². The molecule has 1 aromatic heterocycles. The topological polar surface area (TPSA) is 46.9 Å². The van der Waals surface area contributed by atoms with Crippen LogP contribution in [0.5, 0.6) is 0 Å². The average molecular weight is 312 g/mol. The Hall–Kier alpha value is -1.52. The first-order valence-corrected chi connectivity index (χ1v) is 6.90. The Morgan fingerprint density at radius 3 is 2.65 bits per heavy atom. The molecule has 20 heavy (non-hydrogen) atoms. The third-order valence-corrected chi connectivity index (χ3v) is 3.73. The summed E-state index contributed by atoms with van der Waals surface area (Å²) in [6.07, 6.45) is 0.305. The van der Waals surface area contributed by atoms with Crippen LogP contribution < -0.4 is 5.32 Å². The predicted octanol–water partition coefficient (Wildman–Crippen LogP) is 3.08. The first kappa shape index (κ1) is 14.9. The molecule has 0 fully saturated rings. The summed E-state index contributed by atoms with van der Waals surface area (Å²) < 4.78 is 1.74. The van der Waals surface area contributed by atoms with Gasteiger partial charge in [-0.2, -0.15) is 5.10 Å². The third-order valence-electron chi connectivity index (χ3n) is 3.20. The molecule has 1 N–H and O–H groups in total. The Bertz CT molecular complexity index is 665. The second-order valence-electron chi connectivity index (χ2n) is 4.51. The van der Waals surface area contributed by atoms with Crippen molar-refractivity contribution in [1.82, 2.24) is 15.1 Å². The zero-order valence-electron chi connectivity index (χ0n) is 11.5. The van der Waals surface area contributed by atoms with Crippen molar-refractivity contribution in [3.05, 3.63) is 45.2 Å². The van der Waals surface area contributed by atoms with E-state index >= 15 is 0 Å². The maximum absolute atomic E-state index is 11.6. The zero-order valence-corrected chi connectivity index (χ0v) is 13.0. The van der Waals surface area contributed by atoms with Crippen LogP contribution in [-0.2, 0) is 11.2 Å². The molecule has 0 aliphatic rings. The molecule has 6 heteroatoms. The van der Waals surface area contributed by atoms with Crippen molar-refractivity contribution in [3.8, 4) is 5.69 Å². The first-order valence-electron chi connectivity index (χ1n) is 6.15. The van der Waals surface area contributed by atoms with Gasteiger partial charge in [0.25, 0.3) is 0 Å². The lowest BCUT2D eigenvalue weighted by molar-refractivity contribution is -0.119. The van der Waals surface area contributed by atoms with Gasteiger partial charge in [0.1, 0.15) is 0 Å². The van der Waals surface area contributed by atoms with Gasteiger partial charge in [-0.3, -0.25) is 4.79 Å². The van der Waals surface area contributed by atoms with E-state index < -0.39 is 0 Å². The number of halogens is 2. The van der Waals surface area contributed by atoms with Crippen molar-refractivity contribution in [1.29, 1.82) is 0 Å². The predicted molar refractivity (Wildman–Crippen MR) is 80.8 cm³/mol. The molecule has 0 saturated carbocycles. The van der Waals surface area contributed by atoms with E-state index in [1.54, 1.807) is 23.9 Å². The van der Waals surface area contributed by atoms with Crippen LogP contribution in [0.2, 0.25) is 10.0 Å². The van der Waals surface area contributed by atoms with Gasteiger partial charge in [-0.25, -0.2) is 4.68 Å². The third kappa shape index (κ3) is 2.81. The Morgan fingerprint density at radius 1 is 1.35 bits per heavy atom. The number of hydrogen-bond acceptors (Lipinski definition) is 2. The van der Waals surface area contributed by atoms with Crippen LogP contribution in [0.1, 0.15) is 17.0 Å². The van der Waals surface area contributed by atoms with Crippen LogP contribution in [0.4, 0.5) is 0 Å². The van der Waals surface area contributed by atoms with Crippen molar-refractivity contribution < 1.29 is 4.79 Å². The lowest BCUT2D eigenvalue weighted by Gasteiger charge is -2.08. The summed E-state index contributed by atoms with van der Waals surface area (Å²) in [6, 6.07) is 5.25.